The van der Waals surface area contributed by atoms with Crippen LogP contribution in [-0.4, -0.2) is 33.2 Å². The van der Waals surface area contributed by atoms with Crippen molar-refractivity contribution in [3.63, 3.8) is 0 Å². The van der Waals surface area contributed by atoms with Crippen LogP contribution in [0.15, 0.2) is 12.1 Å². The zero-order valence-electron chi connectivity index (χ0n) is 12.3. The van der Waals surface area contributed by atoms with Crippen LogP contribution in [0, 0.1) is 12.8 Å². The molecule has 2 rings (SSSR count). The Morgan fingerprint density at radius 3 is 2.55 bits per heavy atom. The van der Waals surface area contributed by atoms with E-state index in [0.717, 1.165) is 37.2 Å². The Hall–Kier alpha value is -1.75. The first kappa shape index (κ1) is 14.7. The third kappa shape index (κ3) is 3.04. The lowest BCUT2D eigenvalue weighted by molar-refractivity contribution is -0.120. The number of hydrogen-bond acceptors (Lipinski definition) is 4. The van der Waals surface area contributed by atoms with E-state index in [2.05, 4.69) is 10.6 Å². The molecule has 0 spiro atoms. The SMILES string of the molecule is COc1ccc(NC(=O)C2CCNCC2)c(OC)c1C. The highest BCUT2D eigenvalue weighted by atomic mass is 16.5. The van der Waals surface area contributed by atoms with Crippen molar-refractivity contribution < 1.29 is 14.3 Å². The molecular formula is C15H22N2O3. The Morgan fingerprint density at radius 1 is 1.25 bits per heavy atom. The molecule has 20 heavy (non-hydrogen) atoms. The highest BCUT2D eigenvalue weighted by molar-refractivity contribution is 5.94. The molecule has 0 atom stereocenters. The summed E-state index contributed by atoms with van der Waals surface area (Å²) in [5, 5.41) is 6.24. The number of nitrogens with one attached hydrogen (secondary N) is 2. The van der Waals surface area contributed by atoms with E-state index in [0.29, 0.717) is 11.4 Å². The van der Waals surface area contributed by atoms with Gasteiger partial charge in [0, 0.05) is 11.5 Å². The average molecular weight is 278 g/mol. The predicted molar refractivity (Wildman–Crippen MR) is 78.5 cm³/mol. The Morgan fingerprint density at radius 2 is 1.95 bits per heavy atom. The number of carbonyl (C=O) groups excluding carboxylic acids is 1. The molecule has 1 aromatic carbocycles. The summed E-state index contributed by atoms with van der Waals surface area (Å²) in [6, 6.07) is 3.67. The largest absolute Gasteiger partial charge is 0.496 e. The first-order valence-electron chi connectivity index (χ1n) is 6.90. The molecule has 5 nitrogen and oxygen atoms in total. The summed E-state index contributed by atoms with van der Waals surface area (Å²) in [5.74, 6) is 1.55. The monoisotopic (exact) mass is 278 g/mol. The minimum atomic E-state index is 0.0642. The van der Waals surface area contributed by atoms with Crippen LogP contribution in [0.4, 0.5) is 5.69 Å². The molecule has 0 saturated carbocycles. The number of anilines is 1. The summed E-state index contributed by atoms with van der Waals surface area (Å²) < 4.78 is 10.7. The van der Waals surface area contributed by atoms with Gasteiger partial charge in [-0.15, -0.1) is 0 Å². The summed E-state index contributed by atoms with van der Waals surface area (Å²) in [5.41, 5.74) is 1.59. The second-order valence-electron chi connectivity index (χ2n) is 4.99. The normalized spacial score (nSPS) is 15.8. The van der Waals surface area contributed by atoms with Gasteiger partial charge in [-0.25, -0.2) is 0 Å². The summed E-state index contributed by atoms with van der Waals surface area (Å²) in [4.78, 5) is 12.3. The molecular weight excluding hydrogens is 256 g/mol. The summed E-state index contributed by atoms with van der Waals surface area (Å²) in [6.45, 7) is 3.71. The van der Waals surface area contributed by atoms with Gasteiger partial charge in [-0.1, -0.05) is 0 Å². The van der Waals surface area contributed by atoms with Crippen LogP contribution in [0.1, 0.15) is 18.4 Å². The van der Waals surface area contributed by atoms with Gasteiger partial charge in [0.25, 0.3) is 0 Å². The quantitative estimate of drug-likeness (QED) is 0.884. The summed E-state index contributed by atoms with van der Waals surface area (Å²) >= 11 is 0. The fourth-order valence-corrected chi connectivity index (χ4v) is 2.58. The second kappa shape index (κ2) is 6.61. The van der Waals surface area contributed by atoms with Crippen molar-refractivity contribution >= 4 is 11.6 Å². The van der Waals surface area contributed by atoms with Crippen molar-refractivity contribution in [1.82, 2.24) is 5.32 Å². The fourth-order valence-electron chi connectivity index (χ4n) is 2.58. The van der Waals surface area contributed by atoms with E-state index >= 15 is 0 Å². The molecule has 1 aliphatic rings. The smallest absolute Gasteiger partial charge is 0.227 e. The van der Waals surface area contributed by atoms with Crippen LogP contribution in [0.25, 0.3) is 0 Å². The second-order valence-corrected chi connectivity index (χ2v) is 4.99. The third-order valence-electron chi connectivity index (χ3n) is 3.75. The molecule has 1 fully saturated rings. The molecule has 1 amide bonds. The van der Waals surface area contributed by atoms with E-state index in [1.54, 1.807) is 14.2 Å². The maximum atomic E-state index is 12.3. The number of piperidine rings is 1. The van der Waals surface area contributed by atoms with E-state index < -0.39 is 0 Å². The van der Waals surface area contributed by atoms with Crippen molar-refractivity contribution in [1.29, 1.82) is 0 Å². The number of ether oxygens (including phenoxy) is 2. The molecule has 1 heterocycles. The first-order chi connectivity index (χ1) is 9.67. The van der Waals surface area contributed by atoms with Gasteiger partial charge in [0.05, 0.1) is 19.9 Å². The number of rotatable bonds is 4. The maximum absolute atomic E-state index is 12.3. The Bertz CT molecular complexity index is 482. The van der Waals surface area contributed by atoms with E-state index in [1.807, 2.05) is 19.1 Å². The molecule has 1 aromatic rings. The Kier molecular flexibility index (Phi) is 4.84. The molecule has 110 valence electrons. The molecule has 0 radical (unpaired) electrons. The number of benzene rings is 1. The minimum absolute atomic E-state index is 0.0642. The van der Waals surface area contributed by atoms with Gasteiger partial charge >= 0.3 is 0 Å². The van der Waals surface area contributed by atoms with Crippen molar-refractivity contribution in [2.45, 2.75) is 19.8 Å². The maximum Gasteiger partial charge on any atom is 0.227 e. The minimum Gasteiger partial charge on any atom is -0.496 e. The van der Waals surface area contributed by atoms with Crippen molar-refractivity contribution in [3.8, 4) is 11.5 Å². The first-order valence-corrected chi connectivity index (χ1v) is 6.90. The zero-order valence-corrected chi connectivity index (χ0v) is 12.3. The Balaban J connectivity index is 2.16. The van der Waals surface area contributed by atoms with Crippen molar-refractivity contribution in [2.75, 3.05) is 32.6 Å². The molecule has 1 saturated heterocycles. The van der Waals surface area contributed by atoms with Crippen LogP contribution >= 0.6 is 0 Å². The van der Waals surface area contributed by atoms with Crippen LogP contribution in [-0.2, 0) is 4.79 Å². The van der Waals surface area contributed by atoms with Gasteiger partial charge in [-0.2, -0.15) is 0 Å². The van der Waals surface area contributed by atoms with Crippen molar-refractivity contribution in [3.05, 3.63) is 17.7 Å². The van der Waals surface area contributed by atoms with Crippen LogP contribution in [0.5, 0.6) is 11.5 Å². The van der Waals surface area contributed by atoms with Gasteiger partial charge in [-0.3, -0.25) is 4.79 Å². The lowest BCUT2D eigenvalue weighted by atomic mass is 9.97. The lowest BCUT2D eigenvalue weighted by Crippen LogP contribution is -2.34. The lowest BCUT2D eigenvalue weighted by Gasteiger charge is -2.22. The number of amides is 1. The van der Waals surface area contributed by atoms with E-state index in [4.69, 9.17) is 9.47 Å². The molecule has 0 aromatic heterocycles. The van der Waals surface area contributed by atoms with Gasteiger partial charge in [0.15, 0.2) is 0 Å². The van der Waals surface area contributed by atoms with Crippen LogP contribution in [0.2, 0.25) is 0 Å². The number of methoxy groups -OCH3 is 2. The average Bonchev–Trinajstić information content (AvgIpc) is 2.48. The van der Waals surface area contributed by atoms with Crippen LogP contribution in [0.3, 0.4) is 0 Å². The Labute approximate surface area is 119 Å². The number of carbonyl (C=O) groups is 1. The van der Waals surface area contributed by atoms with E-state index in [1.165, 1.54) is 0 Å². The van der Waals surface area contributed by atoms with Gasteiger partial charge < -0.3 is 20.1 Å². The number of hydrogen-bond donors (Lipinski definition) is 2. The van der Waals surface area contributed by atoms with E-state index in [-0.39, 0.29) is 11.8 Å². The molecule has 0 aliphatic carbocycles. The summed E-state index contributed by atoms with van der Waals surface area (Å²) in [6.07, 6.45) is 1.76. The topological polar surface area (TPSA) is 59.6 Å². The third-order valence-corrected chi connectivity index (χ3v) is 3.75. The summed E-state index contributed by atoms with van der Waals surface area (Å²) in [7, 11) is 3.22. The van der Waals surface area contributed by atoms with Gasteiger partial charge in [-0.05, 0) is 45.0 Å². The van der Waals surface area contributed by atoms with Crippen LogP contribution < -0.4 is 20.1 Å². The predicted octanol–water partition coefficient (Wildman–Crippen LogP) is 1.95. The van der Waals surface area contributed by atoms with E-state index in [9.17, 15) is 4.79 Å². The van der Waals surface area contributed by atoms with Gasteiger partial charge in [0.2, 0.25) is 5.91 Å². The molecule has 2 N–H and O–H groups in total. The zero-order chi connectivity index (χ0) is 14.5. The molecule has 0 bridgehead atoms. The standard InChI is InChI=1S/C15H22N2O3/c1-10-13(19-2)5-4-12(14(10)20-3)17-15(18)11-6-8-16-9-7-11/h4-5,11,16H,6-9H2,1-3H3,(H,17,18). The fraction of sp³-hybridized carbons (Fsp3) is 0.533. The molecule has 1 aliphatic heterocycles. The van der Waals surface area contributed by atoms with Gasteiger partial charge in [0.1, 0.15) is 11.5 Å². The molecule has 5 heteroatoms. The van der Waals surface area contributed by atoms with Crippen molar-refractivity contribution in [2.24, 2.45) is 5.92 Å². The highest BCUT2D eigenvalue weighted by Gasteiger charge is 2.22. The highest BCUT2D eigenvalue weighted by Crippen LogP contribution is 2.35. The molecule has 0 unspecified atom stereocenters.